The molecule has 2 rings (SSSR count). The largest absolute Gasteiger partial charge is 0.464 e. The molecule has 1 aromatic carbocycles. The molecule has 0 radical (unpaired) electrons. The fourth-order valence-corrected chi connectivity index (χ4v) is 2.38. The molecule has 0 fully saturated rings. The lowest BCUT2D eigenvalue weighted by Gasteiger charge is -2.22. The van der Waals surface area contributed by atoms with Gasteiger partial charge in [-0.3, -0.25) is 9.79 Å². The molecule has 1 unspecified atom stereocenters. The Bertz CT molecular complexity index is 554. The standard InChI is InChI=1S/C16H20N2O3/c1-3-21-15(20)16(10-9-12(2)18-16)14(19)17-11-13-7-5-4-6-8-13/h4-8H,3,9-11H2,1-2H3,(H,17,19). The van der Waals surface area contributed by atoms with E-state index in [1.54, 1.807) is 6.92 Å². The van der Waals surface area contributed by atoms with Gasteiger partial charge in [-0.15, -0.1) is 0 Å². The number of rotatable bonds is 5. The molecule has 21 heavy (non-hydrogen) atoms. The highest BCUT2D eigenvalue weighted by Crippen LogP contribution is 2.28. The van der Waals surface area contributed by atoms with E-state index in [2.05, 4.69) is 10.3 Å². The lowest BCUT2D eigenvalue weighted by molar-refractivity contribution is -0.154. The van der Waals surface area contributed by atoms with Crippen molar-refractivity contribution in [2.24, 2.45) is 4.99 Å². The zero-order valence-electron chi connectivity index (χ0n) is 12.4. The molecule has 0 aliphatic carbocycles. The highest BCUT2D eigenvalue weighted by atomic mass is 16.5. The maximum Gasteiger partial charge on any atom is 0.343 e. The van der Waals surface area contributed by atoms with Gasteiger partial charge >= 0.3 is 5.97 Å². The van der Waals surface area contributed by atoms with Gasteiger partial charge in [0.25, 0.3) is 5.91 Å². The van der Waals surface area contributed by atoms with Gasteiger partial charge < -0.3 is 10.1 Å². The van der Waals surface area contributed by atoms with E-state index in [0.717, 1.165) is 11.3 Å². The Morgan fingerprint density at radius 2 is 2.05 bits per heavy atom. The summed E-state index contributed by atoms with van der Waals surface area (Å²) in [6.07, 6.45) is 1.01. The van der Waals surface area contributed by atoms with Crippen molar-refractivity contribution in [1.29, 1.82) is 0 Å². The molecule has 1 atom stereocenters. The highest BCUT2D eigenvalue weighted by Gasteiger charge is 2.49. The summed E-state index contributed by atoms with van der Waals surface area (Å²) in [5, 5.41) is 2.79. The van der Waals surface area contributed by atoms with Gasteiger partial charge in [-0.05, 0) is 32.3 Å². The van der Waals surface area contributed by atoms with Crippen LogP contribution in [0.3, 0.4) is 0 Å². The average molecular weight is 288 g/mol. The predicted octanol–water partition coefficient (Wildman–Crippen LogP) is 1.86. The number of nitrogens with zero attached hydrogens (tertiary/aromatic N) is 1. The Hall–Kier alpha value is -2.17. The van der Waals surface area contributed by atoms with Crippen LogP contribution >= 0.6 is 0 Å². The first-order valence-corrected chi connectivity index (χ1v) is 7.13. The van der Waals surface area contributed by atoms with Crippen LogP contribution in [0.5, 0.6) is 0 Å². The second-order valence-corrected chi connectivity index (χ2v) is 5.10. The first-order valence-electron chi connectivity index (χ1n) is 7.13. The smallest absolute Gasteiger partial charge is 0.343 e. The van der Waals surface area contributed by atoms with Crippen LogP contribution in [0.25, 0.3) is 0 Å². The Balaban J connectivity index is 2.11. The highest BCUT2D eigenvalue weighted by molar-refractivity contribution is 6.11. The third-order valence-electron chi connectivity index (χ3n) is 3.51. The van der Waals surface area contributed by atoms with Gasteiger partial charge in [0.15, 0.2) is 0 Å². The van der Waals surface area contributed by atoms with Crippen LogP contribution < -0.4 is 5.32 Å². The third kappa shape index (κ3) is 3.29. The SMILES string of the molecule is CCOC(=O)C1(C(=O)NCc2ccccc2)CCC(C)=N1. The van der Waals surface area contributed by atoms with Gasteiger partial charge in [0.1, 0.15) is 0 Å². The van der Waals surface area contributed by atoms with Gasteiger partial charge in [0.2, 0.25) is 5.54 Å². The van der Waals surface area contributed by atoms with Crippen LogP contribution in [-0.2, 0) is 20.9 Å². The Morgan fingerprint density at radius 3 is 2.62 bits per heavy atom. The summed E-state index contributed by atoms with van der Waals surface area (Å²) in [4.78, 5) is 28.9. The Labute approximate surface area is 124 Å². The minimum absolute atomic E-state index is 0.237. The van der Waals surface area contributed by atoms with Crippen molar-refractivity contribution in [3.05, 3.63) is 35.9 Å². The van der Waals surface area contributed by atoms with Crippen molar-refractivity contribution < 1.29 is 14.3 Å². The number of nitrogens with one attached hydrogen (secondary N) is 1. The number of aliphatic imine (C=N–C) groups is 1. The number of hydrogen-bond donors (Lipinski definition) is 1. The topological polar surface area (TPSA) is 67.8 Å². The van der Waals surface area contributed by atoms with Gasteiger partial charge in [-0.25, -0.2) is 4.79 Å². The number of ether oxygens (including phenoxy) is 1. The molecular weight excluding hydrogens is 268 g/mol. The van der Waals surface area contributed by atoms with E-state index in [4.69, 9.17) is 4.74 Å². The monoisotopic (exact) mass is 288 g/mol. The summed E-state index contributed by atoms with van der Waals surface area (Å²) in [5.41, 5.74) is 0.371. The molecule has 1 aliphatic rings. The van der Waals surface area contributed by atoms with E-state index in [9.17, 15) is 9.59 Å². The number of esters is 1. The van der Waals surface area contributed by atoms with Crippen molar-refractivity contribution in [1.82, 2.24) is 5.32 Å². The van der Waals surface area contributed by atoms with E-state index in [1.165, 1.54) is 0 Å². The van der Waals surface area contributed by atoms with Crippen molar-refractivity contribution in [2.45, 2.75) is 38.8 Å². The van der Waals surface area contributed by atoms with Crippen molar-refractivity contribution in [2.75, 3.05) is 6.61 Å². The molecule has 0 saturated heterocycles. The van der Waals surface area contributed by atoms with Crippen LogP contribution in [0, 0.1) is 0 Å². The van der Waals surface area contributed by atoms with E-state index in [0.29, 0.717) is 19.4 Å². The lowest BCUT2D eigenvalue weighted by Crippen LogP contribution is -2.50. The molecular formula is C16H20N2O3. The molecule has 0 spiro atoms. The second kappa shape index (κ2) is 6.52. The summed E-state index contributed by atoms with van der Waals surface area (Å²) in [6, 6.07) is 9.55. The summed E-state index contributed by atoms with van der Waals surface area (Å²) in [6.45, 7) is 4.15. The maximum atomic E-state index is 12.5. The van der Waals surface area contributed by atoms with E-state index in [1.807, 2.05) is 37.3 Å². The molecule has 0 aromatic heterocycles. The van der Waals surface area contributed by atoms with Crippen LogP contribution in [-0.4, -0.2) is 29.7 Å². The number of hydrogen-bond acceptors (Lipinski definition) is 4. The minimum Gasteiger partial charge on any atom is -0.464 e. The second-order valence-electron chi connectivity index (χ2n) is 5.10. The van der Waals surface area contributed by atoms with Gasteiger partial charge in [0, 0.05) is 12.3 Å². The third-order valence-corrected chi connectivity index (χ3v) is 3.51. The van der Waals surface area contributed by atoms with Crippen LogP contribution in [0.15, 0.2) is 35.3 Å². The molecule has 1 aliphatic heterocycles. The minimum atomic E-state index is -1.41. The molecule has 0 saturated carbocycles. The first-order chi connectivity index (χ1) is 10.1. The quantitative estimate of drug-likeness (QED) is 0.664. The van der Waals surface area contributed by atoms with Gasteiger partial charge in [0.05, 0.1) is 6.61 Å². The van der Waals surface area contributed by atoms with Gasteiger partial charge in [-0.2, -0.15) is 0 Å². The molecule has 1 N–H and O–H groups in total. The van der Waals surface area contributed by atoms with Crippen LogP contribution in [0.2, 0.25) is 0 Å². The number of amides is 1. The van der Waals surface area contributed by atoms with E-state index < -0.39 is 11.5 Å². The summed E-state index contributed by atoms with van der Waals surface area (Å²) >= 11 is 0. The Kier molecular flexibility index (Phi) is 4.73. The number of benzene rings is 1. The molecule has 1 heterocycles. The molecule has 1 aromatic rings. The molecule has 112 valence electrons. The van der Waals surface area contributed by atoms with E-state index in [-0.39, 0.29) is 12.5 Å². The van der Waals surface area contributed by atoms with Crippen molar-refractivity contribution >= 4 is 17.6 Å². The molecule has 5 heteroatoms. The summed E-state index contributed by atoms with van der Waals surface area (Å²) in [5.74, 6) is -0.950. The fourth-order valence-electron chi connectivity index (χ4n) is 2.38. The average Bonchev–Trinajstić information content (AvgIpc) is 2.89. The number of carbonyl (C=O) groups excluding carboxylic acids is 2. The lowest BCUT2D eigenvalue weighted by atomic mass is 9.95. The van der Waals surface area contributed by atoms with E-state index >= 15 is 0 Å². The number of carbonyl (C=O) groups is 2. The summed E-state index contributed by atoms with van der Waals surface area (Å²) < 4.78 is 5.04. The normalized spacial score (nSPS) is 20.8. The molecule has 0 bridgehead atoms. The predicted molar refractivity (Wildman–Crippen MR) is 80.0 cm³/mol. The summed E-state index contributed by atoms with van der Waals surface area (Å²) in [7, 11) is 0. The van der Waals surface area contributed by atoms with Crippen molar-refractivity contribution in [3.63, 3.8) is 0 Å². The van der Waals surface area contributed by atoms with Crippen LogP contribution in [0.4, 0.5) is 0 Å². The zero-order valence-corrected chi connectivity index (χ0v) is 12.4. The van der Waals surface area contributed by atoms with Gasteiger partial charge in [-0.1, -0.05) is 30.3 Å². The van der Waals surface area contributed by atoms with Crippen LogP contribution in [0.1, 0.15) is 32.3 Å². The zero-order chi connectivity index (χ0) is 15.3. The maximum absolute atomic E-state index is 12.5. The first kappa shape index (κ1) is 15.2. The van der Waals surface area contributed by atoms with Crippen molar-refractivity contribution in [3.8, 4) is 0 Å². The molecule has 5 nitrogen and oxygen atoms in total. The fraction of sp³-hybridized carbons (Fsp3) is 0.438. The Morgan fingerprint density at radius 1 is 1.33 bits per heavy atom. The molecule has 1 amide bonds.